The van der Waals surface area contributed by atoms with Gasteiger partial charge in [-0.1, -0.05) is 0 Å². The van der Waals surface area contributed by atoms with Gasteiger partial charge in [-0.2, -0.15) is 5.48 Å². The van der Waals surface area contributed by atoms with Crippen molar-refractivity contribution in [3.05, 3.63) is 0 Å². The SMILES string of the molecule is CC(C)(C)OC(=O)NOCCCOCB(F)F. The lowest BCUT2D eigenvalue weighted by Crippen LogP contribution is -2.32. The smallest absolute Gasteiger partial charge is 0.442 e. The molecule has 0 aromatic carbocycles. The molecule has 0 saturated heterocycles. The highest BCUT2D eigenvalue weighted by molar-refractivity contribution is 6.42. The van der Waals surface area contributed by atoms with Crippen LogP contribution in [-0.2, 0) is 14.3 Å². The highest BCUT2D eigenvalue weighted by atomic mass is 19.2. The molecule has 0 aromatic rings. The number of halogens is 2. The van der Waals surface area contributed by atoms with E-state index in [1.807, 2.05) is 0 Å². The van der Waals surface area contributed by atoms with Gasteiger partial charge in [0.1, 0.15) is 5.60 Å². The standard InChI is InChI=1S/C9H18BF2NO4/c1-9(2,3)17-8(14)13-16-6-4-5-15-7-10(11)12/h4-7H2,1-3H3,(H,13,14). The van der Waals surface area contributed by atoms with E-state index in [1.54, 1.807) is 20.8 Å². The molecule has 5 nitrogen and oxygen atoms in total. The van der Waals surface area contributed by atoms with E-state index in [9.17, 15) is 13.4 Å². The zero-order valence-corrected chi connectivity index (χ0v) is 10.3. The minimum absolute atomic E-state index is 0.153. The van der Waals surface area contributed by atoms with E-state index in [-0.39, 0.29) is 13.2 Å². The molecule has 0 fully saturated rings. The summed E-state index contributed by atoms with van der Waals surface area (Å²) >= 11 is 0. The number of hydrogen-bond acceptors (Lipinski definition) is 4. The fourth-order valence-corrected chi connectivity index (χ4v) is 0.814. The third-order valence-electron chi connectivity index (χ3n) is 1.33. The van der Waals surface area contributed by atoms with E-state index < -0.39 is 25.5 Å². The first-order valence-electron chi connectivity index (χ1n) is 5.28. The van der Waals surface area contributed by atoms with Crippen LogP contribution in [0.3, 0.4) is 0 Å². The first-order chi connectivity index (χ1) is 7.81. The second kappa shape index (κ2) is 8.24. The number of ether oxygens (including phenoxy) is 2. The van der Waals surface area contributed by atoms with Crippen LogP contribution in [0.1, 0.15) is 27.2 Å². The number of rotatable bonds is 7. The number of amides is 1. The van der Waals surface area contributed by atoms with E-state index in [0.717, 1.165) is 0 Å². The molecule has 0 aliphatic rings. The monoisotopic (exact) mass is 253 g/mol. The van der Waals surface area contributed by atoms with Gasteiger partial charge < -0.3 is 9.47 Å². The molecular weight excluding hydrogens is 235 g/mol. The lowest BCUT2D eigenvalue weighted by Gasteiger charge is -2.19. The van der Waals surface area contributed by atoms with Crippen molar-refractivity contribution in [1.29, 1.82) is 0 Å². The Kier molecular flexibility index (Phi) is 7.81. The van der Waals surface area contributed by atoms with Gasteiger partial charge >= 0.3 is 13.4 Å². The first-order valence-corrected chi connectivity index (χ1v) is 5.28. The molecule has 1 N–H and O–H groups in total. The molecule has 1 amide bonds. The number of carbonyl (C=O) groups is 1. The Morgan fingerprint density at radius 3 is 2.47 bits per heavy atom. The number of hydroxylamine groups is 1. The minimum atomic E-state index is -2.46. The predicted molar refractivity (Wildman–Crippen MR) is 58.7 cm³/mol. The topological polar surface area (TPSA) is 56.8 Å². The Balaban J connectivity index is 3.31. The van der Waals surface area contributed by atoms with Crippen LogP contribution in [-0.4, -0.2) is 38.7 Å². The molecule has 0 bridgehead atoms. The fraction of sp³-hybridized carbons (Fsp3) is 0.889. The van der Waals surface area contributed by atoms with Crippen molar-refractivity contribution in [2.75, 3.05) is 19.7 Å². The number of carbonyl (C=O) groups excluding carboxylic acids is 1. The van der Waals surface area contributed by atoms with Crippen molar-refractivity contribution in [2.24, 2.45) is 0 Å². The average Bonchev–Trinajstić information content (AvgIpc) is 2.12. The van der Waals surface area contributed by atoms with Gasteiger partial charge in [0.2, 0.25) is 0 Å². The Morgan fingerprint density at radius 2 is 1.94 bits per heavy atom. The van der Waals surface area contributed by atoms with Crippen LogP contribution in [0.4, 0.5) is 13.4 Å². The van der Waals surface area contributed by atoms with Crippen molar-refractivity contribution in [3.8, 4) is 0 Å². The molecule has 0 spiro atoms. The second-order valence-electron chi connectivity index (χ2n) is 4.27. The Morgan fingerprint density at radius 1 is 1.29 bits per heavy atom. The molecule has 0 unspecified atom stereocenters. The maximum absolute atomic E-state index is 11.6. The maximum atomic E-state index is 11.6. The molecule has 0 atom stereocenters. The first kappa shape index (κ1) is 16.1. The van der Waals surface area contributed by atoms with Gasteiger partial charge in [0.05, 0.1) is 13.1 Å². The van der Waals surface area contributed by atoms with Crippen molar-refractivity contribution >= 4 is 13.4 Å². The molecule has 8 heteroatoms. The third-order valence-corrected chi connectivity index (χ3v) is 1.33. The van der Waals surface area contributed by atoms with Crippen LogP contribution in [0.15, 0.2) is 0 Å². The quantitative estimate of drug-likeness (QED) is 0.427. The van der Waals surface area contributed by atoms with Crippen molar-refractivity contribution in [1.82, 2.24) is 5.48 Å². The predicted octanol–water partition coefficient (Wildman–Crippen LogP) is 1.82. The van der Waals surface area contributed by atoms with E-state index in [1.165, 1.54) is 0 Å². The van der Waals surface area contributed by atoms with Gasteiger partial charge in [0.25, 0.3) is 0 Å². The minimum Gasteiger partial charge on any atom is -0.442 e. The Labute approximate surface area is 99.9 Å². The van der Waals surface area contributed by atoms with Gasteiger partial charge in [-0.3, -0.25) is 13.5 Å². The zero-order chi connectivity index (χ0) is 13.3. The van der Waals surface area contributed by atoms with Crippen LogP contribution in [0.5, 0.6) is 0 Å². The molecule has 0 aromatic heterocycles. The average molecular weight is 253 g/mol. The maximum Gasteiger partial charge on any atom is 0.563 e. The second-order valence-corrected chi connectivity index (χ2v) is 4.27. The highest BCUT2D eigenvalue weighted by Gasteiger charge is 2.15. The van der Waals surface area contributed by atoms with E-state index in [2.05, 4.69) is 10.2 Å². The van der Waals surface area contributed by atoms with Gasteiger partial charge in [-0.05, 0) is 27.2 Å². The van der Waals surface area contributed by atoms with Crippen LogP contribution in [0.2, 0.25) is 0 Å². The molecule has 100 valence electrons. The Hall–Kier alpha value is -0.885. The fourth-order valence-electron chi connectivity index (χ4n) is 0.814. The van der Waals surface area contributed by atoms with Crippen molar-refractivity contribution < 1.29 is 27.7 Å². The third kappa shape index (κ3) is 13.0. The van der Waals surface area contributed by atoms with Gasteiger partial charge in [0, 0.05) is 6.61 Å². The van der Waals surface area contributed by atoms with Crippen molar-refractivity contribution in [2.45, 2.75) is 32.8 Å². The lowest BCUT2D eigenvalue weighted by atomic mass is 10.0. The summed E-state index contributed by atoms with van der Waals surface area (Å²) in [6, 6.07) is 0. The highest BCUT2D eigenvalue weighted by Crippen LogP contribution is 2.06. The van der Waals surface area contributed by atoms with E-state index in [0.29, 0.717) is 6.42 Å². The molecule has 0 aliphatic carbocycles. The van der Waals surface area contributed by atoms with Crippen LogP contribution < -0.4 is 5.48 Å². The molecule has 0 saturated carbocycles. The van der Waals surface area contributed by atoms with Crippen LogP contribution in [0.25, 0.3) is 0 Å². The summed E-state index contributed by atoms with van der Waals surface area (Å²) in [5.41, 5.74) is 1.48. The van der Waals surface area contributed by atoms with Gasteiger partial charge in [-0.25, -0.2) is 4.79 Å². The van der Waals surface area contributed by atoms with Crippen LogP contribution in [0, 0.1) is 0 Å². The normalized spacial score (nSPS) is 11.1. The lowest BCUT2D eigenvalue weighted by molar-refractivity contribution is -0.0124. The van der Waals surface area contributed by atoms with Gasteiger partial charge in [-0.15, -0.1) is 0 Å². The number of nitrogens with one attached hydrogen (secondary N) is 1. The molecule has 17 heavy (non-hydrogen) atoms. The Bertz CT molecular complexity index is 224. The van der Waals surface area contributed by atoms with Gasteiger partial charge in [0.15, 0.2) is 0 Å². The van der Waals surface area contributed by atoms with Crippen LogP contribution >= 0.6 is 0 Å². The zero-order valence-electron chi connectivity index (χ0n) is 10.3. The molecular formula is C9H18BF2NO4. The summed E-state index contributed by atoms with van der Waals surface area (Å²) in [7, 11) is -2.46. The molecule has 0 aliphatic heterocycles. The number of hydrogen-bond donors (Lipinski definition) is 1. The summed E-state index contributed by atoms with van der Waals surface area (Å²) in [6.45, 7) is 4.92. The summed E-state index contributed by atoms with van der Waals surface area (Å²) in [6.07, 6.45) is -0.284. The largest absolute Gasteiger partial charge is 0.563 e. The molecule has 0 heterocycles. The summed E-state index contributed by atoms with van der Waals surface area (Å²) in [5, 5.41) is 0. The van der Waals surface area contributed by atoms with E-state index >= 15 is 0 Å². The molecule has 0 radical (unpaired) electrons. The summed E-state index contributed by atoms with van der Waals surface area (Å²) < 4.78 is 32.8. The van der Waals surface area contributed by atoms with E-state index in [4.69, 9.17) is 9.57 Å². The van der Waals surface area contributed by atoms with Crippen molar-refractivity contribution in [3.63, 3.8) is 0 Å². The summed E-state index contributed by atoms with van der Waals surface area (Å²) in [5.74, 6) is 0. The summed E-state index contributed by atoms with van der Waals surface area (Å²) in [4.78, 5) is 15.8. The molecule has 0 rings (SSSR count).